The van der Waals surface area contributed by atoms with Crippen LogP contribution in [0.2, 0.25) is 0 Å². The molecule has 0 saturated carbocycles. The Morgan fingerprint density at radius 3 is 3.00 bits per heavy atom. The van der Waals surface area contributed by atoms with Gasteiger partial charge in [-0.2, -0.15) is 0 Å². The van der Waals surface area contributed by atoms with Gasteiger partial charge in [0.15, 0.2) is 0 Å². The highest BCUT2D eigenvalue weighted by molar-refractivity contribution is 5.97. The van der Waals surface area contributed by atoms with Gasteiger partial charge in [0.1, 0.15) is 5.84 Å². The van der Waals surface area contributed by atoms with E-state index < -0.39 is 0 Å². The smallest absolute Gasteiger partial charge is 0.249 e. The van der Waals surface area contributed by atoms with E-state index >= 15 is 0 Å². The van der Waals surface area contributed by atoms with Gasteiger partial charge < -0.3 is 0 Å². The maximum absolute atomic E-state index is 4.72. The molecule has 3 aliphatic rings. The van der Waals surface area contributed by atoms with Crippen LogP contribution in [0.1, 0.15) is 6.92 Å². The lowest BCUT2D eigenvalue weighted by Crippen LogP contribution is -2.42. The first-order chi connectivity index (χ1) is 7.20. The number of fused-ring (bicyclic) bond motifs is 3. The summed E-state index contributed by atoms with van der Waals surface area (Å²) in [5, 5.41) is 0. The Morgan fingerprint density at radius 1 is 1.40 bits per heavy atom. The molecule has 0 bridgehead atoms. The van der Waals surface area contributed by atoms with Gasteiger partial charge in [-0.05, 0) is 12.2 Å². The second-order valence-corrected chi connectivity index (χ2v) is 4.19. The van der Waals surface area contributed by atoms with Crippen LogP contribution in [0, 0.1) is 0 Å². The molecule has 3 heterocycles. The highest BCUT2D eigenvalue weighted by atomic mass is 15.5. The summed E-state index contributed by atoms with van der Waals surface area (Å²) in [6.07, 6.45) is 8.82. The van der Waals surface area contributed by atoms with E-state index in [0.29, 0.717) is 6.17 Å². The lowest BCUT2D eigenvalue weighted by Gasteiger charge is -2.21. The number of hydrogen-bond donors (Lipinski definition) is 0. The van der Waals surface area contributed by atoms with Crippen molar-refractivity contribution in [3.8, 4) is 0 Å². The van der Waals surface area contributed by atoms with Crippen molar-refractivity contribution >= 4 is 11.7 Å². The van der Waals surface area contributed by atoms with E-state index in [9.17, 15) is 0 Å². The van der Waals surface area contributed by atoms with Crippen LogP contribution in [0.5, 0.6) is 0 Å². The van der Waals surface area contributed by atoms with Gasteiger partial charge in [-0.25, -0.2) is 14.5 Å². The van der Waals surface area contributed by atoms with Crippen molar-refractivity contribution in [3.05, 3.63) is 24.4 Å². The summed E-state index contributed by atoms with van der Waals surface area (Å²) in [4.78, 5) is 9.19. The summed E-state index contributed by atoms with van der Waals surface area (Å²) >= 11 is 0. The van der Waals surface area contributed by atoms with E-state index in [2.05, 4.69) is 53.7 Å². The lowest BCUT2D eigenvalue weighted by atomic mass is 10.3. The summed E-state index contributed by atoms with van der Waals surface area (Å²) < 4.78 is 2.28. The molecule has 4 nitrogen and oxygen atoms in total. The zero-order valence-electron chi connectivity index (χ0n) is 9.25. The normalized spacial score (nSPS) is 32.3. The standard InChI is InChI=1S/C11H15N4/c1-8-13(2)10-11(14(8)3)15-7-5-4-6-9(15)12-10/h4-7,10-11H,1-3H3/q+1. The van der Waals surface area contributed by atoms with E-state index in [1.165, 1.54) is 5.84 Å². The molecule has 3 aliphatic heterocycles. The molecule has 0 saturated heterocycles. The Balaban J connectivity index is 2.05. The third kappa shape index (κ3) is 0.963. The summed E-state index contributed by atoms with van der Waals surface area (Å²) in [6.45, 7) is 2.14. The molecule has 78 valence electrons. The van der Waals surface area contributed by atoms with Crippen LogP contribution in [0.4, 0.5) is 0 Å². The highest BCUT2D eigenvalue weighted by Gasteiger charge is 2.50. The van der Waals surface area contributed by atoms with E-state index in [4.69, 9.17) is 4.99 Å². The van der Waals surface area contributed by atoms with Gasteiger partial charge in [0, 0.05) is 13.1 Å². The third-order valence-corrected chi connectivity index (χ3v) is 3.50. The number of rotatable bonds is 0. The Bertz CT molecular complexity index is 430. The molecule has 4 heteroatoms. The summed E-state index contributed by atoms with van der Waals surface area (Å²) in [5.41, 5.74) is 0. The number of aliphatic imine (C=N–C) groups is 1. The molecule has 0 aromatic carbocycles. The molecule has 0 radical (unpaired) electrons. The van der Waals surface area contributed by atoms with Crippen LogP contribution >= 0.6 is 0 Å². The van der Waals surface area contributed by atoms with Crippen LogP contribution in [0.25, 0.3) is 0 Å². The van der Waals surface area contributed by atoms with Crippen molar-refractivity contribution in [3.63, 3.8) is 0 Å². The molecule has 0 aromatic rings. The average molecular weight is 203 g/mol. The fourth-order valence-electron chi connectivity index (χ4n) is 2.43. The fraction of sp³-hybridized carbons (Fsp3) is 0.455. The number of likely N-dealkylation sites (N-methyl/N-ethyl adjacent to an activating group) is 2. The maximum atomic E-state index is 4.72. The summed E-state index contributed by atoms with van der Waals surface area (Å²) in [7, 11) is 4.23. The number of allylic oxidation sites excluding steroid dienone is 2. The average Bonchev–Trinajstić information content (AvgIpc) is 2.72. The zero-order chi connectivity index (χ0) is 10.6. The minimum Gasteiger partial charge on any atom is -0.288 e. The van der Waals surface area contributed by atoms with Gasteiger partial charge >= 0.3 is 0 Å². The maximum Gasteiger partial charge on any atom is 0.249 e. The van der Waals surface area contributed by atoms with Crippen LogP contribution in [0.15, 0.2) is 29.4 Å². The van der Waals surface area contributed by atoms with Crippen molar-refractivity contribution in [2.45, 2.75) is 19.3 Å². The van der Waals surface area contributed by atoms with Crippen molar-refractivity contribution in [2.75, 3.05) is 14.1 Å². The van der Waals surface area contributed by atoms with Gasteiger partial charge in [-0.1, -0.05) is 6.08 Å². The van der Waals surface area contributed by atoms with E-state index in [1.807, 2.05) is 6.08 Å². The lowest BCUT2D eigenvalue weighted by molar-refractivity contribution is -0.548. The van der Waals surface area contributed by atoms with Crippen molar-refractivity contribution in [2.24, 2.45) is 4.99 Å². The fourth-order valence-corrected chi connectivity index (χ4v) is 2.43. The van der Waals surface area contributed by atoms with Crippen LogP contribution in [-0.2, 0) is 0 Å². The molecule has 15 heavy (non-hydrogen) atoms. The first-order valence-electron chi connectivity index (χ1n) is 5.20. The SMILES string of the molecule is CC1=[N+](C)C2C(N=C3C=CC=CN32)N1C. The number of amidine groups is 2. The van der Waals surface area contributed by atoms with Gasteiger partial charge in [0.05, 0.1) is 14.1 Å². The van der Waals surface area contributed by atoms with Gasteiger partial charge in [-0.3, -0.25) is 4.90 Å². The van der Waals surface area contributed by atoms with E-state index in [1.54, 1.807) is 0 Å². The summed E-state index contributed by atoms with van der Waals surface area (Å²) in [6, 6.07) is 0. The number of nitrogens with zero attached hydrogens (tertiary/aromatic N) is 4. The zero-order valence-corrected chi connectivity index (χ0v) is 9.25. The quantitative estimate of drug-likeness (QED) is 0.533. The third-order valence-electron chi connectivity index (χ3n) is 3.50. The Morgan fingerprint density at radius 2 is 2.20 bits per heavy atom. The van der Waals surface area contributed by atoms with E-state index in [-0.39, 0.29) is 6.17 Å². The molecule has 2 unspecified atom stereocenters. The Hall–Kier alpha value is -1.58. The first kappa shape index (κ1) is 8.71. The van der Waals surface area contributed by atoms with Crippen LogP contribution in [0.3, 0.4) is 0 Å². The van der Waals surface area contributed by atoms with Gasteiger partial charge in [0.25, 0.3) is 0 Å². The molecule has 0 N–H and O–H groups in total. The van der Waals surface area contributed by atoms with Crippen molar-refractivity contribution in [1.82, 2.24) is 9.80 Å². The predicted molar refractivity (Wildman–Crippen MR) is 59.8 cm³/mol. The molecule has 2 atom stereocenters. The van der Waals surface area contributed by atoms with Crippen LogP contribution < -0.4 is 0 Å². The second kappa shape index (κ2) is 2.72. The molecular formula is C11H15N4+. The molecule has 0 aromatic heterocycles. The molecule has 0 spiro atoms. The Labute approximate surface area is 89.5 Å². The molecule has 3 rings (SSSR count). The van der Waals surface area contributed by atoms with E-state index in [0.717, 1.165) is 5.84 Å². The highest BCUT2D eigenvalue weighted by Crippen LogP contribution is 2.27. The number of hydrogen-bond acceptors (Lipinski definition) is 3. The predicted octanol–water partition coefficient (Wildman–Crippen LogP) is 0.442. The van der Waals surface area contributed by atoms with Gasteiger partial charge in [0.2, 0.25) is 18.2 Å². The summed E-state index contributed by atoms with van der Waals surface area (Å²) in [5.74, 6) is 2.34. The van der Waals surface area contributed by atoms with Gasteiger partial charge in [-0.15, -0.1) is 0 Å². The monoisotopic (exact) mass is 203 g/mol. The topological polar surface area (TPSA) is 21.9 Å². The van der Waals surface area contributed by atoms with Crippen molar-refractivity contribution < 1.29 is 4.58 Å². The largest absolute Gasteiger partial charge is 0.288 e. The minimum absolute atomic E-state index is 0.234. The molecule has 0 amide bonds. The molecule has 0 aliphatic carbocycles. The Kier molecular flexibility index (Phi) is 1.58. The molecule has 0 fully saturated rings. The first-order valence-corrected chi connectivity index (χ1v) is 5.20. The molecular weight excluding hydrogens is 188 g/mol. The van der Waals surface area contributed by atoms with Crippen molar-refractivity contribution in [1.29, 1.82) is 0 Å². The second-order valence-electron chi connectivity index (χ2n) is 4.19. The van der Waals surface area contributed by atoms with Crippen LogP contribution in [-0.4, -0.2) is 52.5 Å². The minimum atomic E-state index is 0.234.